The molecule has 1 aliphatic rings. The Morgan fingerprint density at radius 2 is 2.14 bits per heavy atom. The molecule has 2 aromatic heterocycles. The molecule has 0 amide bonds. The molecule has 3 heterocycles. The number of nitrogens with zero attached hydrogens (tertiary/aromatic N) is 2. The normalized spacial score (nSPS) is 16.4. The maximum absolute atomic E-state index is 14.3. The van der Waals surface area contributed by atoms with E-state index in [1.807, 2.05) is 30.7 Å². The first kappa shape index (κ1) is 12.5. The van der Waals surface area contributed by atoms with Crippen LogP contribution in [0.4, 0.5) is 21.5 Å². The zero-order chi connectivity index (χ0) is 14.4. The van der Waals surface area contributed by atoms with Gasteiger partial charge in [-0.05, 0) is 35.2 Å². The van der Waals surface area contributed by atoms with Gasteiger partial charge in [0.05, 0.1) is 17.1 Å². The second-order valence-corrected chi connectivity index (χ2v) is 5.98. The Morgan fingerprint density at radius 1 is 1.24 bits per heavy atom. The molecular formula is C16H12FN3S. The van der Waals surface area contributed by atoms with Crippen molar-refractivity contribution in [2.24, 2.45) is 4.99 Å². The molecular weight excluding hydrogens is 285 g/mol. The second-order valence-electron chi connectivity index (χ2n) is 5.08. The quantitative estimate of drug-likeness (QED) is 0.723. The number of aromatic nitrogens is 1. The third kappa shape index (κ3) is 2.01. The van der Waals surface area contributed by atoms with Crippen molar-refractivity contribution in [2.45, 2.75) is 12.8 Å². The lowest BCUT2D eigenvalue weighted by molar-refractivity contribution is 0.630. The Bertz CT molecular complexity index is 869. The second kappa shape index (κ2) is 4.63. The molecule has 3 aromatic rings. The lowest BCUT2D eigenvalue weighted by Crippen LogP contribution is -1.97. The molecule has 21 heavy (non-hydrogen) atoms. The van der Waals surface area contributed by atoms with E-state index in [-0.39, 0.29) is 11.7 Å². The fourth-order valence-corrected chi connectivity index (χ4v) is 3.31. The Kier molecular flexibility index (Phi) is 2.75. The van der Waals surface area contributed by atoms with Gasteiger partial charge in [-0.2, -0.15) is 0 Å². The maximum atomic E-state index is 14.3. The monoisotopic (exact) mass is 297 g/mol. The van der Waals surface area contributed by atoms with Crippen molar-refractivity contribution >= 4 is 44.8 Å². The van der Waals surface area contributed by atoms with Gasteiger partial charge in [-0.25, -0.2) is 9.37 Å². The van der Waals surface area contributed by atoms with Crippen LogP contribution in [-0.2, 0) is 0 Å². The SMILES string of the molecule is CC1C=Nc2cc(Nc3ccnc4sccc34)c(F)cc21. The minimum absolute atomic E-state index is 0.174. The lowest BCUT2D eigenvalue weighted by Gasteiger charge is -2.11. The van der Waals surface area contributed by atoms with E-state index in [0.29, 0.717) is 5.69 Å². The molecule has 1 aromatic carbocycles. The van der Waals surface area contributed by atoms with E-state index < -0.39 is 0 Å². The van der Waals surface area contributed by atoms with Gasteiger partial charge < -0.3 is 5.32 Å². The van der Waals surface area contributed by atoms with Crippen molar-refractivity contribution in [1.29, 1.82) is 0 Å². The largest absolute Gasteiger partial charge is 0.352 e. The highest BCUT2D eigenvalue weighted by atomic mass is 32.1. The molecule has 0 saturated carbocycles. The molecule has 5 heteroatoms. The summed E-state index contributed by atoms with van der Waals surface area (Å²) in [4.78, 5) is 9.57. The molecule has 1 aliphatic heterocycles. The predicted octanol–water partition coefficient (Wildman–Crippen LogP) is 5.00. The Balaban J connectivity index is 1.78. The van der Waals surface area contributed by atoms with E-state index in [9.17, 15) is 4.39 Å². The number of benzene rings is 1. The van der Waals surface area contributed by atoms with E-state index in [0.717, 1.165) is 27.2 Å². The van der Waals surface area contributed by atoms with Crippen LogP contribution in [0, 0.1) is 5.82 Å². The van der Waals surface area contributed by atoms with Crippen LogP contribution < -0.4 is 5.32 Å². The predicted molar refractivity (Wildman–Crippen MR) is 85.9 cm³/mol. The molecule has 4 rings (SSSR count). The van der Waals surface area contributed by atoms with Crippen LogP contribution in [0.1, 0.15) is 18.4 Å². The van der Waals surface area contributed by atoms with E-state index in [4.69, 9.17) is 0 Å². The first-order chi connectivity index (χ1) is 10.2. The van der Waals surface area contributed by atoms with Crippen molar-refractivity contribution in [3.05, 3.63) is 47.2 Å². The van der Waals surface area contributed by atoms with Crippen LogP contribution in [0.25, 0.3) is 10.2 Å². The summed E-state index contributed by atoms with van der Waals surface area (Å²) >= 11 is 1.57. The molecule has 0 saturated heterocycles. The molecule has 0 aliphatic carbocycles. The van der Waals surface area contributed by atoms with Crippen LogP contribution in [0.3, 0.4) is 0 Å². The summed E-state index contributed by atoms with van der Waals surface area (Å²) in [5.74, 6) is -0.0839. The number of nitrogens with one attached hydrogen (secondary N) is 1. The summed E-state index contributed by atoms with van der Waals surface area (Å²) in [6.07, 6.45) is 3.57. The number of anilines is 2. The first-order valence-electron chi connectivity index (χ1n) is 6.69. The molecule has 1 unspecified atom stereocenters. The van der Waals surface area contributed by atoms with Gasteiger partial charge in [-0.1, -0.05) is 6.92 Å². The molecule has 1 atom stereocenters. The Morgan fingerprint density at radius 3 is 3.05 bits per heavy atom. The van der Waals surface area contributed by atoms with Gasteiger partial charge >= 0.3 is 0 Å². The number of fused-ring (bicyclic) bond motifs is 2. The number of halogens is 1. The number of pyridine rings is 1. The minimum atomic E-state index is -0.258. The highest BCUT2D eigenvalue weighted by Gasteiger charge is 2.18. The van der Waals surface area contributed by atoms with Crippen molar-refractivity contribution < 1.29 is 4.39 Å². The topological polar surface area (TPSA) is 37.3 Å². The number of hydrogen-bond donors (Lipinski definition) is 1. The molecule has 0 fully saturated rings. The summed E-state index contributed by atoms with van der Waals surface area (Å²) in [5, 5.41) is 6.14. The summed E-state index contributed by atoms with van der Waals surface area (Å²) < 4.78 is 14.3. The standard InChI is InChI=1S/C16H12FN3S/c1-9-8-19-14-7-15(12(17)6-11(9)14)20-13-2-4-18-16-10(13)3-5-21-16/h2-9H,1H3,(H,18,20). The van der Waals surface area contributed by atoms with E-state index in [1.54, 1.807) is 29.7 Å². The fraction of sp³-hybridized carbons (Fsp3) is 0.125. The van der Waals surface area contributed by atoms with Crippen LogP contribution >= 0.6 is 11.3 Å². The van der Waals surface area contributed by atoms with Gasteiger partial charge in [0.2, 0.25) is 0 Å². The fourth-order valence-electron chi connectivity index (χ4n) is 2.55. The van der Waals surface area contributed by atoms with Crippen LogP contribution in [-0.4, -0.2) is 11.2 Å². The highest BCUT2D eigenvalue weighted by Crippen LogP contribution is 2.37. The van der Waals surface area contributed by atoms with Crippen LogP contribution in [0.15, 0.2) is 40.8 Å². The molecule has 0 spiro atoms. The molecule has 0 bridgehead atoms. The van der Waals surface area contributed by atoms with E-state index in [2.05, 4.69) is 15.3 Å². The average molecular weight is 297 g/mol. The van der Waals surface area contributed by atoms with Gasteiger partial charge in [-0.15, -0.1) is 11.3 Å². The third-order valence-electron chi connectivity index (χ3n) is 3.68. The van der Waals surface area contributed by atoms with E-state index in [1.165, 1.54) is 0 Å². The average Bonchev–Trinajstić information content (AvgIpc) is 3.08. The summed E-state index contributed by atoms with van der Waals surface area (Å²) in [6.45, 7) is 2.01. The van der Waals surface area contributed by atoms with Crippen molar-refractivity contribution in [3.63, 3.8) is 0 Å². The van der Waals surface area contributed by atoms with Gasteiger partial charge in [0, 0.05) is 23.7 Å². The van der Waals surface area contributed by atoms with E-state index >= 15 is 0 Å². The number of rotatable bonds is 2. The lowest BCUT2D eigenvalue weighted by atomic mass is 10.0. The highest BCUT2D eigenvalue weighted by molar-refractivity contribution is 7.16. The summed E-state index contributed by atoms with van der Waals surface area (Å²) in [7, 11) is 0. The van der Waals surface area contributed by atoms with Gasteiger partial charge in [0.25, 0.3) is 0 Å². The summed E-state index contributed by atoms with van der Waals surface area (Å²) in [5.41, 5.74) is 3.07. The van der Waals surface area contributed by atoms with Gasteiger partial charge in [-0.3, -0.25) is 4.99 Å². The van der Waals surface area contributed by atoms with Crippen molar-refractivity contribution in [3.8, 4) is 0 Å². The van der Waals surface area contributed by atoms with Crippen LogP contribution in [0.2, 0.25) is 0 Å². The molecule has 3 nitrogen and oxygen atoms in total. The number of thiophene rings is 1. The van der Waals surface area contributed by atoms with Gasteiger partial charge in [0.1, 0.15) is 10.6 Å². The number of aliphatic imine (C=N–C) groups is 1. The Hall–Kier alpha value is -2.27. The van der Waals surface area contributed by atoms with Crippen LogP contribution in [0.5, 0.6) is 0 Å². The minimum Gasteiger partial charge on any atom is -0.352 e. The van der Waals surface area contributed by atoms with Crippen molar-refractivity contribution in [1.82, 2.24) is 4.98 Å². The molecule has 0 radical (unpaired) electrons. The zero-order valence-electron chi connectivity index (χ0n) is 11.3. The Labute approximate surface area is 125 Å². The van der Waals surface area contributed by atoms with Crippen molar-refractivity contribution in [2.75, 3.05) is 5.32 Å². The zero-order valence-corrected chi connectivity index (χ0v) is 12.1. The first-order valence-corrected chi connectivity index (χ1v) is 7.57. The number of hydrogen-bond acceptors (Lipinski definition) is 4. The molecule has 1 N–H and O–H groups in total. The third-order valence-corrected chi connectivity index (χ3v) is 4.50. The summed E-state index contributed by atoms with van der Waals surface area (Å²) in [6, 6.07) is 7.18. The maximum Gasteiger partial charge on any atom is 0.147 e. The molecule has 104 valence electrons. The van der Waals surface area contributed by atoms with Gasteiger partial charge in [0.15, 0.2) is 0 Å². The smallest absolute Gasteiger partial charge is 0.147 e.